The van der Waals surface area contributed by atoms with Gasteiger partial charge in [-0.2, -0.15) is 0 Å². The Kier molecular flexibility index (Phi) is 3.26. The highest BCUT2D eigenvalue weighted by atomic mass is 32.2. The molecule has 0 amide bonds. The van der Waals surface area contributed by atoms with Crippen molar-refractivity contribution in [1.29, 1.82) is 0 Å². The van der Waals surface area contributed by atoms with E-state index in [0.29, 0.717) is 5.56 Å². The molecule has 5 heteroatoms. The van der Waals surface area contributed by atoms with Crippen LogP contribution < -0.4 is 5.73 Å². The van der Waals surface area contributed by atoms with E-state index in [0.717, 1.165) is 6.26 Å². The van der Waals surface area contributed by atoms with E-state index in [-0.39, 0.29) is 10.7 Å². The van der Waals surface area contributed by atoms with E-state index >= 15 is 0 Å². The molecule has 0 fully saturated rings. The van der Waals surface area contributed by atoms with Gasteiger partial charge in [-0.25, -0.2) is 8.42 Å². The second-order valence-electron chi connectivity index (χ2n) is 3.45. The van der Waals surface area contributed by atoms with Gasteiger partial charge in [-0.15, -0.1) is 0 Å². The summed E-state index contributed by atoms with van der Waals surface area (Å²) in [6.45, 7) is 1.59. The van der Waals surface area contributed by atoms with Crippen molar-refractivity contribution in [3.63, 3.8) is 0 Å². The number of rotatable bonds is 3. The SMILES string of the molecule is CC(N)C(=O)c1ccc(S(C)(=O)=O)cc1. The summed E-state index contributed by atoms with van der Waals surface area (Å²) in [7, 11) is -3.21. The van der Waals surface area contributed by atoms with Crippen molar-refractivity contribution in [3.8, 4) is 0 Å². The van der Waals surface area contributed by atoms with E-state index in [4.69, 9.17) is 5.73 Å². The number of carbonyl (C=O) groups excluding carboxylic acids is 1. The highest BCUT2D eigenvalue weighted by molar-refractivity contribution is 7.90. The summed E-state index contributed by atoms with van der Waals surface area (Å²) >= 11 is 0. The Balaban J connectivity index is 3.06. The number of nitrogens with two attached hydrogens (primary N) is 1. The molecule has 15 heavy (non-hydrogen) atoms. The molecule has 1 unspecified atom stereocenters. The first-order chi connectivity index (χ1) is 6.82. The van der Waals surface area contributed by atoms with Crippen molar-refractivity contribution in [2.75, 3.05) is 6.26 Å². The van der Waals surface area contributed by atoms with Gasteiger partial charge < -0.3 is 5.73 Å². The average Bonchev–Trinajstić information content (AvgIpc) is 2.15. The first-order valence-corrected chi connectivity index (χ1v) is 6.31. The lowest BCUT2D eigenvalue weighted by Crippen LogP contribution is -2.26. The van der Waals surface area contributed by atoms with Crippen molar-refractivity contribution in [3.05, 3.63) is 29.8 Å². The summed E-state index contributed by atoms with van der Waals surface area (Å²) in [5.74, 6) is -0.199. The molecule has 1 atom stereocenters. The summed E-state index contributed by atoms with van der Waals surface area (Å²) < 4.78 is 22.3. The van der Waals surface area contributed by atoms with E-state index in [1.807, 2.05) is 0 Å². The summed E-state index contributed by atoms with van der Waals surface area (Å²) in [5.41, 5.74) is 5.85. The maximum Gasteiger partial charge on any atom is 0.179 e. The third-order valence-corrected chi connectivity index (χ3v) is 3.11. The number of hydrogen-bond acceptors (Lipinski definition) is 4. The molecular formula is C10H13NO3S. The van der Waals surface area contributed by atoms with Gasteiger partial charge in [0.15, 0.2) is 15.6 Å². The molecule has 1 aromatic rings. The highest BCUT2D eigenvalue weighted by Gasteiger charge is 2.12. The zero-order chi connectivity index (χ0) is 11.6. The van der Waals surface area contributed by atoms with Gasteiger partial charge in [0.1, 0.15) is 0 Å². The smallest absolute Gasteiger partial charge is 0.179 e. The van der Waals surface area contributed by atoms with Crippen LogP contribution in [0.15, 0.2) is 29.2 Å². The lowest BCUT2D eigenvalue weighted by molar-refractivity contribution is 0.0968. The van der Waals surface area contributed by atoms with Gasteiger partial charge in [0, 0.05) is 11.8 Å². The monoisotopic (exact) mass is 227 g/mol. The predicted molar refractivity (Wildman–Crippen MR) is 57.5 cm³/mol. The molecule has 0 aromatic heterocycles. The predicted octanol–water partition coefficient (Wildman–Crippen LogP) is 0.620. The van der Waals surface area contributed by atoms with E-state index in [1.54, 1.807) is 6.92 Å². The van der Waals surface area contributed by atoms with Crippen molar-refractivity contribution in [2.24, 2.45) is 5.73 Å². The molecule has 0 saturated carbocycles. The maximum absolute atomic E-state index is 11.4. The molecule has 1 aromatic carbocycles. The molecular weight excluding hydrogens is 214 g/mol. The third-order valence-electron chi connectivity index (χ3n) is 1.98. The summed E-state index contributed by atoms with van der Waals surface area (Å²) in [5, 5.41) is 0. The lowest BCUT2D eigenvalue weighted by atomic mass is 10.1. The van der Waals surface area contributed by atoms with Crippen LogP contribution in [0.25, 0.3) is 0 Å². The van der Waals surface area contributed by atoms with Crippen LogP contribution >= 0.6 is 0 Å². The van der Waals surface area contributed by atoms with E-state index in [2.05, 4.69) is 0 Å². The summed E-state index contributed by atoms with van der Waals surface area (Å²) in [6.07, 6.45) is 1.12. The van der Waals surface area contributed by atoms with Crippen LogP contribution in [0.5, 0.6) is 0 Å². The van der Waals surface area contributed by atoms with Crippen LogP contribution in [-0.4, -0.2) is 26.5 Å². The maximum atomic E-state index is 11.4. The minimum atomic E-state index is -3.21. The lowest BCUT2D eigenvalue weighted by Gasteiger charge is -2.04. The molecule has 4 nitrogen and oxygen atoms in total. The van der Waals surface area contributed by atoms with Gasteiger partial charge in [0.05, 0.1) is 10.9 Å². The second kappa shape index (κ2) is 4.12. The molecule has 0 aliphatic carbocycles. The first-order valence-electron chi connectivity index (χ1n) is 4.42. The van der Waals surface area contributed by atoms with Crippen molar-refractivity contribution in [2.45, 2.75) is 17.9 Å². The largest absolute Gasteiger partial charge is 0.321 e. The zero-order valence-electron chi connectivity index (χ0n) is 8.60. The van der Waals surface area contributed by atoms with Gasteiger partial charge in [0.2, 0.25) is 0 Å². The Morgan fingerprint density at radius 3 is 2.07 bits per heavy atom. The number of benzene rings is 1. The van der Waals surface area contributed by atoms with Crippen molar-refractivity contribution in [1.82, 2.24) is 0 Å². The highest BCUT2D eigenvalue weighted by Crippen LogP contribution is 2.11. The fraction of sp³-hybridized carbons (Fsp3) is 0.300. The van der Waals surface area contributed by atoms with E-state index in [1.165, 1.54) is 24.3 Å². The average molecular weight is 227 g/mol. The molecule has 2 N–H and O–H groups in total. The second-order valence-corrected chi connectivity index (χ2v) is 5.47. The van der Waals surface area contributed by atoms with E-state index in [9.17, 15) is 13.2 Å². The van der Waals surface area contributed by atoms with Crippen LogP contribution in [0, 0.1) is 0 Å². The van der Waals surface area contributed by atoms with Crippen molar-refractivity contribution < 1.29 is 13.2 Å². The number of carbonyl (C=O) groups is 1. The Morgan fingerprint density at radius 1 is 1.27 bits per heavy atom. The topological polar surface area (TPSA) is 77.2 Å². The number of ketones is 1. The van der Waals surface area contributed by atoms with Crippen LogP contribution in [0.4, 0.5) is 0 Å². The third kappa shape index (κ3) is 2.87. The minimum absolute atomic E-state index is 0.198. The standard InChI is InChI=1S/C10H13NO3S/c1-7(11)10(12)8-3-5-9(6-4-8)15(2,13)14/h3-7H,11H2,1-2H3. The molecule has 0 aliphatic heterocycles. The number of Topliss-reactive ketones (excluding diaryl/α,β-unsaturated/α-hetero) is 1. The van der Waals surface area contributed by atoms with Crippen LogP contribution in [0.1, 0.15) is 17.3 Å². The normalized spacial score (nSPS) is 13.5. The van der Waals surface area contributed by atoms with Gasteiger partial charge in [-0.3, -0.25) is 4.79 Å². The Bertz CT molecular complexity index is 460. The first kappa shape index (κ1) is 11.9. The summed E-state index contributed by atoms with van der Waals surface area (Å²) in [6, 6.07) is 5.19. The van der Waals surface area contributed by atoms with Crippen LogP contribution in [-0.2, 0) is 9.84 Å². The molecule has 0 bridgehead atoms. The Hall–Kier alpha value is -1.20. The molecule has 0 heterocycles. The van der Waals surface area contributed by atoms with Gasteiger partial charge in [-0.05, 0) is 19.1 Å². The molecule has 0 saturated heterocycles. The Labute approximate surface area is 89.0 Å². The zero-order valence-corrected chi connectivity index (χ0v) is 9.41. The van der Waals surface area contributed by atoms with Gasteiger partial charge in [-0.1, -0.05) is 12.1 Å². The van der Waals surface area contributed by atoms with Crippen LogP contribution in [0.3, 0.4) is 0 Å². The van der Waals surface area contributed by atoms with E-state index < -0.39 is 15.9 Å². The Morgan fingerprint density at radius 2 is 1.73 bits per heavy atom. The quantitative estimate of drug-likeness (QED) is 0.768. The molecule has 0 aliphatic rings. The molecule has 1 rings (SSSR count). The van der Waals surface area contributed by atoms with Gasteiger partial charge >= 0.3 is 0 Å². The van der Waals surface area contributed by atoms with Crippen LogP contribution in [0.2, 0.25) is 0 Å². The fourth-order valence-corrected chi connectivity index (χ4v) is 1.76. The molecule has 0 spiro atoms. The minimum Gasteiger partial charge on any atom is -0.321 e. The van der Waals surface area contributed by atoms with Crippen molar-refractivity contribution >= 4 is 15.6 Å². The number of hydrogen-bond donors (Lipinski definition) is 1. The summed E-state index contributed by atoms with van der Waals surface area (Å²) in [4.78, 5) is 11.6. The number of sulfone groups is 1. The molecule has 82 valence electrons. The fourth-order valence-electron chi connectivity index (χ4n) is 1.13. The molecule has 0 radical (unpaired) electrons. The van der Waals surface area contributed by atoms with Gasteiger partial charge in [0.25, 0.3) is 0 Å².